The molecule has 1 aromatic carbocycles. The van der Waals surface area contributed by atoms with Gasteiger partial charge in [-0.1, -0.05) is 110 Å². The largest absolute Gasteiger partial charge is 0.423 e. The Labute approximate surface area is 209 Å². The molecule has 4 heteroatoms. The molecule has 0 aliphatic rings. The predicted molar refractivity (Wildman–Crippen MR) is 142 cm³/mol. The van der Waals surface area contributed by atoms with Gasteiger partial charge in [0.2, 0.25) is 0 Å². The molecule has 0 N–H and O–H groups in total. The van der Waals surface area contributed by atoms with Crippen LogP contribution in [0.1, 0.15) is 142 Å². The first-order chi connectivity index (χ1) is 16.6. The van der Waals surface area contributed by atoms with Gasteiger partial charge in [-0.25, -0.2) is 0 Å². The zero-order valence-electron chi connectivity index (χ0n) is 22.3. The summed E-state index contributed by atoms with van der Waals surface area (Å²) >= 11 is 0. The Morgan fingerprint density at radius 2 is 1.00 bits per heavy atom. The number of carbonyl (C=O) groups excluding carboxylic acids is 2. The first kappa shape index (κ1) is 30.2. The maximum absolute atomic E-state index is 12.3. The van der Waals surface area contributed by atoms with E-state index in [0.717, 1.165) is 56.9 Å². The Morgan fingerprint density at radius 1 is 0.559 bits per heavy atom. The fourth-order valence-corrected chi connectivity index (χ4v) is 4.07. The van der Waals surface area contributed by atoms with Gasteiger partial charge in [0.1, 0.15) is 0 Å². The van der Waals surface area contributed by atoms with E-state index in [1.807, 2.05) is 12.1 Å². The second kappa shape index (κ2) is 20.5. The fraction of sp³-hybridized carbons (Fsp3) is 0.733. The lowest BCUT2D eigenvalue weighted by Crippen LogP contribution is -2.12. The SMILES string of the molecule is CCCCCCCCCCCCc1ccc(OC(=O)CCCCC)c(OC(=O)CCCCC)c1. The van der Waals surface area contributed by atoms with Crippen LogP contribution in [0.5, 0.6) is 11.5 Å². The van der Waals surface area contributed by atoms with Crippen molar-refractivity contribution in [3.05, 3.63) is 23.8 Å². The van der Waals surface area contributed by atoms with Crippen LogP contribution in [0.2, 0.25) is 0 Å². The Hall–Kier alpha value is -1.84. The van der Waals surface area contributed by atoms with Crippen molar-refractivity contribution in [3.8, 4) is 11.5 Å². The van der Waals surface area contributed by atoms with Crippen LogP contribution < -0.4 is 9.47 Å². The van der Waals surface area contributed by atoms with Crippen LogP contribution in [0.4, 0.5) is 0 Å². The highest BCUT2D eigenvalue weighted by Crippen LogP contribution is 2.30. The van der Waals surface area contributed by atoms with Gasteiger partial charge in [-0.3, -0.25) is 9.59 Å². The van der Waals surface area contributed by atoms with Gasteiger partial charge < -0.3 is 9.47 Å². The Morgan fingerprint density at radius 3 is 1.53 bits per heavy atom. The summed E-state index contributed by atoms with van der Waals surface area (Å²) in [5.41, 5.74) is 1.13. The summed E-state index contributed by atoms with van der Waals surface area (Å²) in [6.45, 7) is 6.47. The number of unbranched alkanes of at least 4 members (excludes halogenated alkanes) is 13. The summed E-state index contributed by atoms with van der Waals surface area (Å²) in [6.07, 6.45) is 20.6. The molecule has 1 rings (SSSR count). The van der Waals surface area contributed by atoms with E-state index in [9.17, 15) is 9.59 Å². The van der Waals surface area contributed by atoms with Crippen molar-refractivity contribution in [3.63, 3.8) is 0 Å². The predicted octanol–water partition coefficient (Wildman–Crippen LogP) is 9.12. The van der Waals surface area contributed by atoms with Crippen LogP contribution in [0.25, 0.3) is 0 Å². The number of ether oxygens (including phenoxy) is 2. The minimum Gasteiger partial charge on any atom is -0.423 e. The molecular weight excluding hydrogens is 424 g/mol. The third-order valence-corrected chi connectivity index (χ3v) is 6.24. The summed E-state index contributed by atoms with van der Waals surface area (Å²) in [5, 5.41) is 0. The highest BCUT2D eigenvalue weighted by molar-refractivity contribution is 5.76. The molecule has 0 saturated carbocycles. The van der Waals surface area contributed by atoms with Crippen molar-refractivity contribution in [2.45, 2.75) is 143 Å². The van der Waals surface area contributed by atoms with E-state index in [2.05, 4.69) is 20.8 Å². The first-order valence-corrected chi connectivity index (χ1v) is 14.1. The van der Waals surface area contributed by atoms with Crippen LogP contribution in [0.3, 0.4) is 0 Å². The van der Waals surface area contributed by atoms with Gasteiger partial charge in [-0.05, 0) is 43.4 Å². The molecule has 0 atom stereocenters. The monoisotopic (exact) mass is 474 g/mol. The fourth-order valence-electron chi connectivity index (χ4n) is 4.07. The number of benzene rings is 1. The van der Waals surface area contributed by atoms with E-state index in [0.29, 0.717) is 24.3 Å². The molecule has 0 aromatic heterocycles. The number of carbonyl (C=O) groups is 2. The minimum atomic E-state index is -0.265. The summed E-state index contributed by atoms with van der Waals surface area (Å²) in [4.78, 5) is 24.6. The second-order valence-corrected chi connectivity index (χ2v) is 9.58. The van der Waals surface area contributed by atoms with E-state index >= 15 is 0 Å². The third-order valence-electron chi connectivity index (χ3n) is 6.24. The summed E-state index contributed by atoms with van der Waals surface area (Å²) in [6, 6.07) is 5.68. The summed E-state index contributed by atoms with van der Waals surface area (Å²) < 4.78 is 11.2. The molecule has 0 amide bonds. The van der Waals surface area contributed by atoms with Gasteiger partial charge in [0.15, 0.2) is 11.5 Å². The van der Waals surface area contributed by atoms with Gasteiger partial charge in [0.25, 0.3) is 0 Å². The number of hydrogen-bond acceptors (Lipinski definition) is 4. The number of esters is 2. The maximum atomic E-state index is 12.3. The van der Waals surface area contributed by atoms with Crippen LogP contribution in [0, 0.1) is 0 Å². The third kappa shape index (κ3) is 15.1. The molecule has 34 heavy (non-hydrogen) atoms. The molecule has 4 nitrogen and oxygen atoms in total. The molecule has 0 bridgehead atoms. The Balaban J connectivity index is 2.54. The van der Waals surface area contributed by atoms with E-state index < -0.39 is 0 Å². The molecule has 0 heterocycles. The highest BCUT2D eigenvalue weighted by atomic mass is 16.6. The van der Waals surface area contributed by atoms with Gasteiger partial charge >= 0.3 is 11.9 Å². The standard InChI is InChI=1S/C30H50O4/c1-4-7-10-11-12-13-14-15-16-19-20-26-23-24-27(33-29(31)21-17-8-5-2)28(25-26)34-30(32)22-18-9-6-3/h23-25H,4-22H2,1-3H3. The van der Waals surface area contributed by atoms with Crippen molar-refractivity contribution in [2.75, 3.05) is 0 Å². The van der Waals surface area contributed by atoms with Gasteiger partial charge in [0.05, 0.1) is 0 Å². The molecule has 0 aliphatic carbocycles. The Bertz CT molecular complexity index is 668. The lowest BCUT2D eigenvalue weighted by atomic mass is 10.0. The van der Waals surface area contributed by atoms with Gasteiger partial charge in [-0.2, -0.15) is 0 Å². The quantitative estimate of drug-likeness (QED) is 0.101. The molecule has 0 aliphatic heterocycles. The maximum Gasteiger partial charge on any atom is 0.311 e. The molecule has 0 unspecified atom stereocenters. The molecule has 0 saturated heterocycles. The smallest absolute Gasteiger partial charge is 0.311 e. The lowest BCUT2D eigenvalue weighted by Gasteiger charge is -2.13. The molecule has 0 fully saturated rings. The number of aryl methyl sites for hydroxylation is 1. The average molecular weight is 475 g/mol. The van der Waals surface area contributed by atoms with Crippen molar-refractivity contribution >= 4 is 11.9 Å². The molecular formula is C30H50O4. The van der Waals surface area contributed by atoms with E-state index in [4.69, 9.17) is 9.47 Å². The zero-order valence-corrected chi connectivity index (χ0v) is 22.3. The topological polar surface area (TPSA) is 52.6 Å². The molecule has 0 radical (unpaired) electrons. The normalized spacial score (nSPS) is 10.9. The number of hydrogen-bond donors (Lipinski definition) is 0. The summed E-state index contributed by atoms with van der Waals surface area (Å²) in [7, 11) is 0. The van der Waals surface area contributed by atoms with Gasteiger partial charge in [0, 0.05) is 12.8 Å². The van der Waals surface area contributed by atoms with Crippen LogP contribution in [0.15, 0.2) is 18.2 Å². The number of rotatable bonds is 21. The first-order valence-electron chi connectivity index (χ1n) is 14.1. The molecule has 0 spiro atoms. The minimum absolute atomic E-state index is 0.257. The van der Waals surface area contributed by atoms with Crippen molar-refractivity contribution in [1.82, 2.24) is 0 Å². The van der Waals surface area contributed by atoms with Gasteiger partial charge in [-0.15, -0.1) is 0 Å². The molecule has 1 aromatic rings. The molecule has 194 valence electrons. The average Bonchev–Trinajstić information content (AvgIpc) is 2.82. The highest BCUT2D eigenvalue weighted by Gasteiger charge is 2.15. The zero-order chi connectivity index (χ0) is 24.9. The summed E-state index contributed by atoms with van der Waals surface area (Å²) in [5.74, 6) is 0.221. The van der Waals surface area contributed by atoms with E-state index in [1.54, 1.807) is 6.07 Å². The second-order valence-electron chi connectivity index (χ2n) is 9.58. The Kier molecular flexibility index (Phi) is 18.2. The van der Waals surface area contributed by atoms with Crippen molar-refractivity contribution < 1.29 is 19.1 Å². The van der Waals surface area contributed by atoms with Crippen molar-refractivity contribution in [1.29, 1.82) is 0 Å². The lowest BCUT2D eigenvalue weighted by molar-refractivity contribution is -0.137. The van der Waals surface area contributed by atoms with Crippen molar-refractivity contribution in [2.24, 2.45) is 0 Å². The van der Waals surface area contributed by atoms with Crippen LogP contribution >= 0.6 is 0 Å². The van der Waals surface area contributed by atoms with E-state index in [-0.39, 0.29) is 11.9 Å². The van der Waals surface area contributed by atoms with E-state index in [1.165, 1.54) is 57.8 Å². The van der Waals surface area contributed by atoms with Crippen LogP contribution in [-0.2, 0) is 16.0 Å². The van der Waals surface area contributed by atoms with Crippen LogP contribution in [-0.4, -0.2) is 11.9 Å².